The van der Waals surface area contributed by atoms with Crippen LogP contribution in [0.25, 0.3) is 0 Å². The van der Waals surface area contributed by atoms with E-state index < -0.39 is 0 Å². The minimum atomic E-state index is -0.277. The van der Waals surface area contributed by atoms with Gasteiger partial charge in [-0.2, -0.15) is 10.5 Å². The van der Waals surface area contributed by atoms with Gasteiger partial charge in [0.05, 0.1) is 16.8 Å². The molecular formula is C19H10BrN3O2. The molecule has 0 aliphatic heterocycles. The van der Waals surface area contributed by atoms with Crippen molar-refractivity contribution in [3.05, 3.63) is 74.4 Å². The van der Waals surface area contributed by atoms with Crippen LogP contribution < -0.4 is 5.32 Å². The molecule has 0 saturated carbocycles. The minimum absolute atomic E-state index is 0.133. The highest BCUT2D eigenvalue weighted by Crippen LogP contribution is 2.38. The van der Waals surface area contributed by atoms with E-state index in [9.17, 15) is 9.59 Å². The number of allylic oxidation sites excluding steroid dienone is 1. The summed E-state index contributed by atoms with van der Waals surface area (Å²) in [6.07, 6.45) is 1.23. The van der Waals surface area contributed by atoms with Crippen molar-refractivity contribution in [3.63, 3.8) is 0 Å². The topological polar surface area (TPSA) is 93.8 Å². The maximum Gasteiger partial charge on any atom is 0.196 e. The molecule has 0 saturated heterocycles. The average Bonchev–Trinajstić information content (AvgIpc) is 2.61. The fraction of sp³-hybridized carbons (Fsp3) is 0.0526. The van der Waals surface area contributed by atoms with Crippen LogP contribution in [-0.2, 0) is 0 Å². The fourth-order valence-electron chi connectivity index (χ4n) is 2.79. The molecule has 1 aliphatic carbocycles. The predicted molar refractivity (Wildman–Crippen MR) is 95.1 cm³/mol. The first-order chi connectivity index (χ1) is 12.0. The molecule has 0 spiro atoms. The van der Waals surface area contributed by atoms with Crippen molar-refractivity contribution in [2.45, 2.75) is 6.92 Å². The van der Waals surface area contributed by atoms with Crippen LogP contribution in [0.5, 0.6) is 0 Å². The summed E-state index contributed by atoms with van der Waals surface area (Å²) in [5, 5.41) is 20.6. The maximum absolute atomic E-state index is 13.0. The second-order valence-electron chi connectivity index (χ2n) is 5.43. The predicted octanol–water partition coefficient (Wildman–Crippen LogP) is 3.88. The molecule has 3 rings (SSSR count). The molecule has 0 unspecified atom stereocenters. The van der Waals surface area contributed by atoms with E-state index in [1.165, 1.54) is 6.20 Å². The minimum Gasteiger partial charge on any atom is -0.359 e. The summed E-state index contributed by atoms with van der Waals surface area (Å²) in [7, 11) is 0. The molecule has 0 radical (unpaired) electrons. The Labute approximate surface area is 152 Å². The Morgan fingerprint density at radius 3 is 2.20 bits per heavy atom. The van der Waals surface area contributed by atoms with Crippen LogP contribution in [0.15, 0.2) is 46.6 Å². The van der Waals surface area contributed by atoms with Crippen LogP contribution in [0.2, 0.25) is 0 Å². The maximum atomic E-state index is 13.0. The van der Waals surface area contributed by atoms with Gasteiger partial charge in [-0.3, -0.25) is 9.59 Å². The van der Waals surface area contributed by atoms with Gasteiger partial charge < -0.3 is 5.32 Å². The molecule has 1 N–H and O–H groups in total. The van der Waals surface area contributed by atoms with Gasteiger partial charge in [-0.05, 0) is 34.5 Å². The molecule has 2 aromatic carbocycles. The molecule has 1 aliphatic rings. The van der Waals surface area contributed by atoms with Crippen molar-refractivity contribution in [1.29, 1.82) is 10.5 Å². The molecule has 25 heavy (non-hydrogen) atoms. The Balaban J connectivity index is 2.27. The average molecular weight is 392 g/mol. The van der Waals surface area contributed by atoms with E-state index in [-0.39, 0.29) is 28.3 Å². The van der Waals surface area contributed by atoms with Crippen molar-refractivity contribution < 1.29 is 9.59 Å². The normalized spacial score (nSPS) is 11.7. The Hall–Kier alpha value is -3.22. The van der Waals surface area contributed by atoms with Gasteiger partial charge in [-0.1, -0.05) is 24.3 Å². The van der Waals surface area contributed by atoms with Crippen molar-refractivity contribution in [3.8, 4) is 12.1 Å². The Bertz CT molecular complexity index is 1040. The Kier molecular flexibility index (Phi) is 4.22. The van der Waals surface area contributed by atoms with Crippen LogP contribution in [-0.4, -0.2) is 11.6 Å². The van der Waals surface area contributed by atoms with Crippen LogP contribution >= 0.6 is 15.9 Å². The van der Waals surface area contributed by atoms with Crippen LogP contribution in [0, 0.1) is 29.6 Å². The van der Waals surface area contributed by atoms with Crippen molar-refractivity contribution in [2.24, 2.45) is 0 Å². The number of nitrogens with zero attached hydrogens (tertiary/aromatic N) is 2. The number of hydrogen-bond donors (Lipinski definition) is 1. The number of rotatable bonds is 2. The number of aryl methyl sites for hydroxylation is 1. The lowest BCUT2D eigenvalue weighted by atomic mass is 9.82. The molecule has 0 fully saturated rings. The van der Waals surface area contributed by atoms with Gasteiger partial charge in [0.1, 0.15) is 17.7 Å². The summed E-state index contributed by atoms with van der Waals surface area (Å²) in [6, 6.07) is 11.9. The summed E-state index contributed by atoms with van der Waals surface area (Å²) in [5.74, 6) is -0.522. The van der Waals surface area contributed by atoms with E-state index in [1.807, 2.05) is 0 Å². The summed E-state index contributed by atoms with van der Waals surface area (Å²) in [4.78, 5) is 25.9. The third-order valence-corrected chi connectivity index (χ3v) is 4.57. The molecule has 6 heteroatoms. The van der Waals surface area contributed by atoms with E-state index in [4.69, 9.17) is 10.5 Å². The second-order valence-corrected chi connectivity index (χ2v) is 6.28. The highest BCUT2D eigenvalue weighted by molar-refractivity contribution is 9.10. The molecule has 0 heterocycles. The zero-order chi connectivity index (χ0) is 18.1. The highest BCUT2D eigenvalue weighted by Gasteiger charge is 2.34. The Morgan fingerprint density at radius 1 is 1.08 bits per heavy atom. The number of carbonyl (C=O) groups excluding carboxylic acids is 2. The first kappa shape index (κ1) is 16.6. The number of anilines is 1. The highest BCUT2D eigenvalue weighted by atomic mass is 79.9. The van der Waals surface area contributed by atoms with Gasteiger partial charge in [0.2, 0.25) is 0 Å². The van der Waals surface area contributed by atoms with Gasteiger partial charge in [-0.15, -0.1) is 0 Å². The van der Waals surface area contributed by atoms with Crippen LogP contribution in [0.1, 0.15) is 37.4 Å². The number of nitriles is 2. The van der Waals surface area contributed by atoms with Crippen molar-refractivity contribution in [2.75, 3.05) is 5.32 Å². The number of halogens is 1. The quantitative estimate of drug-likeness (QED) is 0.668. The van der Waals surface area contributed by atoms with Gasteiger partial charge in [0.15, 0.2) is 11.6 Å². The molecule has 0 aromatic heterocycles. The van der Waals surface area contributed by atoms with Gasteiger partial charge in [0.25, 0.3) is 0 Å². The van der Waals surface area contributed by atoms with E-state index in [0.717, 1.165) is 0 Å². The van der Waals surface area contributed by atoms with E-state index in [1.54, 1.807) is 49.4 Å². The van der Waals surface area contributed by atoms with Crippen molar-refractivity contribution in [1.82, 2.24) is 0 Å². The van der Waals surface area contributed by atoms with E-state index >= 15 is 0 Å². The summed E-state index contributed by atoms with van der Waals surface area (Å²) in [6.45, 7) is 1.78. The molecule has 0 bridgehead atoms. The summed E-state index contributed by atoms with van der Waals surface area (Å²) >= 11 is 3.37. The summed E-state index contributed by atoms with van der Waals surface area (Å²) < 4.78 is 0.531. The van der Waals surface area contributed by atoms with Gasteiger partial charge >= 0.3 is 0 Å². The number of ketones is 2. The molecule has 120 valence electrons. The molecule has 2 aromatic rings. The van der Waals surface area contributed by atoms with Gasteiger partial charge in [-0.25, -0.2) is 0 Å². The molecular weight excluding hydrogens is 382 g/mol. The largest absolute Gasteiger partial charge is 0.359 e. The number of benzene rings is 2. The lowest BCUT2D eigenvalue weighted by molar-refractivity contribution is 0.0979. The van der Waals surface area contributed by atoms with Crippen molar-refractivity contribution >= 4 is 33.2 Å². The zero-order valence-corrected chi connectivity index (χ0v) is 14.6. The van der Waals surface area contributed by atoms with Crippen LogP contribution in [0.3, 0.4) is 0 Å². The molecule has 0 atom stereocenters. The summed E-state index contributed by atoms with van der Waals surface area (Å²) in [5.41, 5.74) is 2.20. The number of carbonyl (C=O) groups is 2. The van der Waals surface area contributed by atoms with E-state index in [2.05, 4.69) is 21.2 Å². The van der Waals surface area contributed by atoms with E-state index in [0.29, 0.717) is 26.9 Å². The van der Waals surface area contributed by atoms with Crippen LogP contribution in [0.4, 0.5) is 5.69 Å². The zero-order valence-electron chi connectivity index (χ0n) is 13.1. The lowest BCUT2D eigenvalue weighted by Gasteiger charge is -2.22. The standard InChI is InChI=1S/C19H10BrN3O2/c1-10-6-14(20)15-16(17(10)23-9-11(7-21)8-22)19(25)13-5-3-2-4-12(13)18(15)24/h2-6,9,23H,1H3. The SMILES string of the molecule is Cc1cc(Br)c2c(c1NC=C(C#N)C#N)C(=O)c1ccccc1C2=O. The monoisotopic (exact) mass is 391 g/mol. The first-order valence-electron chi connectivity index (χ1n) is 7.28. The smallest absolute Gasteiger partial charge is 0.196 e. The number of nitrogens with one attached hydrogen (secondary N) is 1. The molecule has 5 nitrogen and oxygen atoms in total. The fourth-order valence-corrected chi connectivity index (χ4v) is 3.52. The lowest BCUT2D eigenvalue weighted by Crippen LogP contribution is -2.23. The third kappa shape index (κ3) is 2.63. The molecule has 0 amide bonds. The number of hydrogen-bond acceptors (Lipinski definition) is 5. The first-order valence-corrected chi connectivity index (χ1v) is 8.07. The van der Waals surface area contributed by atoms with Gasteiger partial charge in [0, 0.05) is 21.8 Å². The second kappa shape index (κ2) is 6.35. The Morgan fingerprint density at radius 2 is 1.64 bits per heavy atom. The third-order valence-electron chi connectivity index (χ3n) is 3.95. The number of fused-ring (bicyclic) bond motifs is 2.